The van der Waals surface area contributed by atoms with E-state index in [1.165, 1.54) is 23.9 Å². The van der Waals surface area contributed by atoms with Gasteiger partial charge in [-0.05, 0) is 36.4 Å². The molecule has 4 nitrogen and oxygen atoms in total. The number of ether oxygens (including phenoxy) is 2. The third-order valence-electron chi connectivity index (χ3n) is 3.50. The highest BCUT2D eigenvalue weighted by Gasteiger charge is 2.31. The summed E-state index contributed by atoms with van der Waals surface area (Å²) in [6.45, 7) is 1.70. The Kier molecular flexibility index (Phi) is 6.52. The zero-order chi connectivity index (χ0) is 18.4. The fourth-order valence-corrected chi connectivity index (χ4v) is 3.24. The second-order valence-corrected chi connectivity index (χ2v) is 6.31. The molecule has 0 fully saturated rings. The van der Waals surface area contributed by atoms with Gasteiger partial charge in [0, 0.05) is 11.3 Å². The van der Waals surface area contributed by atoms with Crippen molar-refractivity contribution in [3.05, 3.63) is 46.4 Å². The van der Waals surface area contributed by atoms with Crippen molar-refractivity contribution >= 4 is 23.7 Å². The van der Waals surface area contributed by atoms with Crippen molar-refractivity contribution in [3.63, 3.8) is 0 Å². The number of hydrogen-bond donors (Lipinski definition) is 0. The van der Waals surface area contributed by atoms with E-state index >= 15 is 0 Å². The Balaban J connectivity index is 1.94. The van der Waals surface area contributed by atoms with Crippen molar-refractivity contribution in [2.45, 2.75) is 26.1 Å². The molecule has 1 aliphatic rings. The fourth-order valence-electron chi connectivity index (χ4n) is 2.26. The first-order valence-corrected chi connectivity index (χ1v) is 8.66. The van der Waals surface area contributed by atoms with Crippen LogP contribution in [0.4, 0.5) is 13.2 Å². The lowest BCUT2D eigenvalue weighted by atomic mass is 10.0. The summed E-state index contributed by atoms with van der Waals surface area (Å²) in [6.07, 6.45) is -4.25. The second kappa shape index (κ2) is 8.42. The molecule has 8 heteroatoms. The van der Waals surface area contributed by atoms with E-state index in [1.807, 2.05) is 0 Å². The first-order chi connectivity index (χ1) is 11.8. The summed E-state index contributed by atoms with van der Waals surface area (Å²) in [5.74, 6) is -0.917. The van der Waals surface area contributed by atoms with Gasteiger partial charge in [0.15, 0.2) is 0 Å². The van der Waals surface area contributed by atoms with Gasteiger partial charge in [-0.2, -0.15) is 13.2 Å². The molecule has 2 rings (SSSR count). The monoisotopic (exact) mass is 374 g/mol. The van der Waals surface area contributed by atoms with Crippen molar-refractivity contribution in [3.8, 4) is 0 Å². The van der Waals surface area contributed by atoms with Gasteiger partial charge in [-0.1, -0.05) is 12.1 Å². The zero-order valence-corrected chi connectivity index (χ0v) is 14.3. The topological polar surface area (TPSA) is 52.6 Å². The Morgan fingerprint density at radius 2 is 2.04 bits per heavy atom. The molecular weight excluding hydrogens is 357 g/mol. The van der Waals surface area contributed by atoms with Crippen LogP contribution in [0.25, 0.3) is 0 Å². The van der Waals surface area contributed by atoms with E-state index in [1.54, 1.807) is 12.3 Å². The highest BCUT2D eigenvalue weighted by molar-refractivity contribution is 8.02. The van der Waals surface area contributed by atoms with Gasteiger partial charge in [-0.25, -0.2) is 4.79 Å². The first-order valence-electron chi connectivity index (χ1n) is 7.61. The van der Waals surface area contributed by atoms with Crippen LogP contribution in [0.2, 0.25) is 0 Å². The molecule has 136 valence electrons. The van der Waals surface area contributed by atoms with E-state index in [4.69, 9.17) is 9.47 Å². The molecule has 0 aliphatic carbocycles. The Morgan fingerprint density at radius 3 is 2.72 bits per heavy atom. The van der Waals surface area contributed by atoms with E-state index in [0.717, 1.165) is 12.1 Å². The molecule has 0 amide bonds. The van der Waals surface area contributed by atoms with Gasteiger partial charge < -0.3 is 9.47 Å². The minimum absolute atomic E-state index is 0.202. The number of esters is 2. The lowest BCUT2D eigenvalue weighted by Crippen LogP contribution is -2.24. The molecule has 1 aromatic rings. The summed E-state index contributed by atoms with van der Waals surface area (Å²) in [7, 11) is 0. The average molecular weight is 374 g/mol. The molecule has 0 spiro atoms. The third kappa shape index (κ3) is 5.52. The van der Waals surface area contributed by atoms with Crippen LogP contribution in [0.5, 0.6) is 0 Å². The highest BCUT2D eigenvalue weighted by Crippen LogP contribution is 2.30. The smallest absolute Gasteiger partial charge is 0.416 e. The molecule has 0 radical (unpaired) electrons. The predicted molar refractivity (Wildman–Crippen MR) is 86.5 cm³/mol. The Morgan fingerprint density at radius 1 is 1.28 bits per heavy atom. The molecule has 1 aliphatic heterocycles. The lowest BCUT2D eigenvalue weighted by molar-refractivity contribution is -0.147. The molecule has 0 N–H and O–H groups in total. The number of rotatable bonds is 5. The largest absolute Gasteiger partial charge is 0.466 e. The molecule has 0 unspecified atom stereocenters. The van der Waals surface area contributed by atoms with E-state index in [0.29, 0.717) is 11.3 Å². The normalized spacial score (nSPS) is 17.6. The Hall–Kier alpha value is -1.96. The number of alkyl halides is 3. The van der Waals surface area contributed by atoms with Crippen molar-refractivity contribution in [2.24, 2.45) is 5.92 Å². The van der Waals surface area contributed by atoms with E-state index < -0.39 is 23.6 Å². The summed E-state index contributed by atoms with van der Waals surface area (Å²) in [5.41, 5.74) is -0.230. The maximum absolute atomic E-state index is 12.7. The number of thioether (sulfide) groups is 1. The average Bonchev–Trinajstić information content (AvgIpc) is 2.59. The maximum atomic E-state index is 12.7. The van der Waals surface area contributed by atoms with Gasteiger partial charge in [0.05, 0.1) is 18.1 Å². The van der Waals surface area contributed by atoms with Crippen LogP contribution in [0, 0.1) is 5.92 Å². The summed E-state index contributed by atoms with van der Waals surface area (Å²) in [5, 5.41) is 1.62. The van der Waals surface area contributed by atoms with E-state index in [-0.39, 0.29) is 31.2 Å². The highest BCUT2D eigenvalue weighted by atomic mass is 32.2. The van der Waals surface area contributed by atoms with Gasteiger partial charge in [-0.3, -0.25) is 4.79 Å². The molecule has 0 saturated heterocycles. The molecule has 1 aromatic carbocycles. The quantitative estimate of drug-likeness (QED) is 0.731. The molecule has 0 aromatic heterocycles. The standard InChI is InChI=1S/C17H17F3O4S/c1-2-23-15(21)12-7-13(10-25-9-12)16(22)24-8-11-4-3-5-14(6-11)17(18,19)20/h3-6,10,12H,2,7-9H2,1H3/t12-/m0/s1. The van der Waals surface area contributed by atoms with Crippen LogP contribution in [-0.2, 0) is 31.8 Å². The second-order valence-electron chi connectivity index (χ2n) is 5.40. The van der Waals surface area contributed by atoms with Gasteiger partial charge in [0.2, 0.25) is 0 Å². The fraction of sp³-hybridized carbons (Fsp3) is 0.412. The maximum Gasteiger partial charge on any atom is 0.416 e. The molecule has 25 heavy (non-hydrogen) atoms. The van der Waals surface area contributed by atoms with E-state index in [9.17, 15) is 22.8 Å². The number of carbonyl (C=O) groups is 2. The third-order valence-corrected chi connectivity index (χ3v) is 4.54. The minimum Gasteiger partial charge on any atom is -0.466 e. The van der Waals surface area contributed by atoms with Gasteiger partial charge in [0.25, 0.3) is 0 Å². The summed E-state index contributed by atoms with van der Waals surface area (Å²) >= 11 is 1.31. The predicted octanol–water partition coefficient (Wildman–Crippen LogP) is 3.95. The van der Waals surface area contributed by atoms with Crippen LogP contribution < -0.4 is 0 Å². The van der Waals surface area contributed by atoms with Crippen molar-refractivity contribution in [1.82, 2.24) is 0 Å². The van der Waals surface area contributed by atoms with Crippen LogP contribution in [0.3, 0.4) is 0 Å². The van der Waals surface area contributed by atoms with Gasteiger partial charge in [0.1, 0.15) is 6.61 Å². The Labute approximate surface area is 147 Å². The van der Waals surface area contributed by atoms with E-state index in [2.05, 4.69) is 0 Å². The minimum atomic E-state index is -4.45. The summed E-state index contributed by atoms with van der Waals surface area (Å²) < 4.78 is 48.1. The van der Waals surface area contributed by atoms with Crippen LogP contribution in [-0.4, -0.2) is 24.3 Å². The van der Waals surface area contributed by atoms with Crippen molar-refractivity contribution in [2.75, 3.05) is 12.4 Å². The van der Waals surface area contributed by atoms with Crippen LogP contribution >= 0.6 is 11.8 Å². The first kappa shape index (κ1) is 19.4. The number of benzene rings is 1. The van der Waals surface area contributed by atoms with Crippen molar-refractivity contribution in [1.29, 1.82) is 0 Å². The number of halogens is 3. The molecule has 0 saturated carbocycles. The Bertz CT molecular complexity index is 670. The van der Waals surface area contributed by atoms with Crippen LogP contribution in [0.15, 0.2) is 35.2 Å². The molecular formula is C17H17F3O4S. The lowest BCUT2D eigenvalue weighted by Gasteiger charge is -2.20. The zero-order valence-electron chi connectivity index (χ0n) is 13.5. The number of hydrogen-bond acceptors (Lipinski definition) is 5. The molecule has 1 heterocycles. The number of carbonyl (C=O) groups excluding carboxylic acids is 2. The molecule has 1 atom stereocenters. The summed E-state index contributed by atoms with van der Waals surface area (Å²) in [6, 6.07) is 4.61. The van der Waals surface area contributed by atoms with Crippen molar-refractivity contribution < 1.29 is 32.2 Å². The SMILES string of the molecule is CCOC(=O)[C@@H]1CSC=C(C(=O)OCc2cccc(C(F)(F)F)c2)C1. The molecule has 0 bridgehead atoms. The summed E-state index contributed by atoms with van der Waals surface area (Å²) in [4.78, 5) is 23.9. The van der Waals surface area contributed by atoms with Crippen LogP contribution in [0.1, 0.15) is 24.5 Å². The van der Waals surface area contributed by atoms with Gasteiger partial charge >= 0.3 is 18.1 Å². The van der Waals surface area contributed by atoms with Gasteiger partial charge in [-0.15, -0.1) is 11.8 Å².